The van der Waals surface area contributed by atoms with Gasteiger partial charge in [0, 0.05) is 28.5 Å². The van der Waals surface area contributed by atoms with Crippen LogP contribution in [0.5, 0.6) is 0 Å². The first-order valence-electron chi connectivity index (χ1n) is 6.84. The molecule has 110 valence electrons. The molecule has 0 unspecified atom stereocenters. The lowest BCUT2D eigenvalue weighted by Crippen LogP contribution is -2.39. The number of carbonyl (C=O) groups is 1. The maximum atomic E-state index is 12.7. The van der Waals surface area contributed by atoms with Gasteiger partial charge < -0.3 is 4.90 Å². The van der Waals surface area contributed by atoms with Crippen LogP contribution in [0.4, 0.5) is 5.69 Å². The molecule has 0 bridgehead atoms. The molecular weight excluding hydrogens is 284 g/mol. The third-order valence-corrected chi connectivity index (χ3v) is 3.31. The van der Waals surface area contributed by atoms with Crippen LogP contribution in [0, 0.1) is 5.41 Å². The number of pyridine rings is 1. The van der Waals surface area contributed by atoms with Crippen LogP contribution in [-0.4, -0.2) is 10.9 Å². The van der Waals surface area contributed by atoms with Crippen molar-refractivity contribution in [2.24, 2.45) is 5.41 Å². The van der Waals surface area contributed by atoms with Crippen molar-refractivity contribution >= 4 is 23.2 Å². The fourth-order valence-corrected chi connectivity index (χ4v) is 2.19. The molecule has 0 atom stereocenters. The first kappa shape index (κ1) is 15.5. The van der Waals surface area contributed by atoms with Gasteiger partial charge in [0.2, 0.25) is 5.91 Å². The number of amides is 1. The summed E-state index contributed by atoms with van der Waals surface area (Å²) in [5, 5.41) is 0.616. The number of rotatable bonds is 3. The highest BCUT2D eigenvalue weighted by Crippen LogP contribution is 2.27. The second-order valence-electron chi connectivity index (χ2n) is 5.98. The summed E-state index contributed by atoms with van der Waals surface area (Å²) in [6, 6.07) is 11.2. The zero-order valence-corrected chi connectivity index (χ0v) is 13.3. The van der Waals surface area contributed by atoms with Crippen molar-refractivity contribution in [2.45, 2.75) is 27.3 Å². The normalized spacial score (nSPS) is 11.2. The van der Waals surface area contributed by atoms with Crippen molar-refractivity contribution in [2.75, 3.05) is 4.90 Å². The van der Waals surface area contributed by atoms with Gasteiger partial charge in [-0.05, 0) is 29.8 Å². The first-order chi connectivity index (χ1) is 9.88. The molecule has 1 aromatic heterocycles. The molecule has 0 saturated carbocycles. The first-order valence-corrected chi connectivity index (χ1v) is 7.22. The summed E-state index contributed by atoms with van der Waals surface area (Å²) in [6.45, 7) is 6.21. The second-order valence-corrected chi connectivity index (χ2v) is 6.42. The van der Waals surface area contributed by atoms with E-state index in [1.165, 1.54) is 0 Å². The minimum Gasteiger partial charge on any atom is -0.307 e. The molecule has 0 saturated heterocycles. The van der Waals surface area contributed by atoms with Gasteiger partial charge in [0.15, 0.2) is 0 Å². The Bertz CT molecular complexity index is 620. The van der Waals surface area contributed by atoms with E-state index in [2.05, 4.69) is 4.98 Å². The van der Waals surface area contributed by atoms with Crippen molar-refractivity contribution in [3.05, 3.63) is 59.4 Å². The van der Waals surface area contributed by atoms with E-state index in [4.69, 9.17) is 11.6 Å². The molecule has 1 amide bonds. The Morgan fingerprint density at radius 1 is 1.24 bits per heavy atom. The zero-order valence-electron chi connectivity index (χ0n) is 12.5. The smallest absolute Gasteiger partial charge is 0.232 e. The van der Waals surface area contributed by atoms with Gasteiger partial charge in [-0.25, -0.2) is 0 Å². The van der Waals surface area contributed by atoms with E-state index in [9.17, 15) is 4.79 Å². The Labute approximate surface area is 130 Å². The van der Waals surface area contributed by atoms with Gasteiger partial charge >= 0.3 is 0 Å². The lowest BCUT2D eigenvalue weighted by molar-refractivity contribution is -0.125. The summed E-state index contributed by atoms with van der Waals surface area (Å²) in [5.41, 5.74) is 1.31. The summed E-state index contributed by atoms with van der Waals surface area (Å²) in [6.07, 6.45) is 3.49. The van der Waals surface area contributed by atoms with Gasteiger partial charge in [0.05, 0.1) is 6.54 Å². The minimum absolute atomic E-state index is 0.0496. The average molecular weight is 303 g/mol. The Morgan fingerprint density at radius 2 is 2.00 bits per heavy atom. The predicted octanol–water partition coefficient (Wildman–Crippen LogP) is 4.31. The predicted molar refractivity (Wildman–Crippen MR) is 86.3 cm³/mol. The van der Waals surface area contributed by atoms with Crippen LogP contribution < -0.4 is 4.90 Å². The molecule has 2 rings (SSSR count). The third-order valence-electron chi connectivity index (χ3n) is 3.07. The van der Waals surface area contributed by atoms with Crippen LogP contribution in [-0.2, 0) is 11.3 Å². The van der Waals surface area contributed by atoms with Gasteiger partial charge in [-0.15, -0.1) is 0 Å². The Hall–Kier alpha value is -1.87. The maximum Gasteiger partial charge on any atom is 0.232 e. The molecule has 4 heteroatoms. The van der Waals surface area contributed by atoms with E-state index in [-0.39, 0.29) is 5.91 Å². The SMILES string of the molecule is CC(C)(C)C(=O)N(Cc1cccnc1)c1cccc(Cl)c1. The van der Waals surface area contributed by atoms with Crippen molar-refractivity contribution < 1.29 is 4.79 Å². The number of carbonyl (C=O) groups excluding carboxylic acids is 1. The van der Waals surface area contributed by atoms with E-state index >= 15 is 0 Å². The molecule has 3 nitrogen and oxygen atoms in total. The van der Waals surface area contributed by atoms with Crippen LogP contribution in [0.1, 0.15) is 26.3 Å². The number of hydrogen-bond donors (Lipinski definition) is 0. The molecule has 0 fully saturated rings. The summed E-state index contributed by atoms with van der Waals surface area (Å²) in [4.78, 5) is 18.6. The van der Waals surface area contributed by atoms with Crippen LogP contribution >= 0.6 is 11.6 Å². The molecule has 0 aliphatic carbocycles. The third kappa shape index (κ3) is 4.05. The molecule has 0 aliphatic rings. The molecule has 2 aromatic rings. The lowest BCUT2D eigenvalue weighted by atomic mass is 9.94. The van der Waals surface area contributed by atoms with Gasteiger partial charge in [-0.3, -0.25) is 9.78 Å². The van der Waals surface area contributed by atoms with Gasteiger partial charge in [-0.2, -0.15) is 0 Å². The summed E-state index contributed by atoms with van der Waals surface area (Å²) >= 11 is 6.06. The minimum atomic E-state index is -0.468. The number of aromatic nitrogens is 1. The molecular formula is C17H19ClN2O. The van der Waals surface area contributed by atoms with Crippen LogP contribution in [0.15, 0.2) is 48.8 Å². The van der Waals surface area contributed by atoms with Crippen LogP contribution in [0.2, 0.25) is 5.02 Å². The van der Waals surface area contributed by atoms with Crippen molar-refractivity contribution in [1.29, 1.82) is 0 Å². The van der Waals surface area contributed by atoms with Crippen molar-refractivity contribution in [3.63, 3.8) is 0 Å². The van der Waals surface area contributed by atoms with E-state index in [0.29, 0.717) is 11.6 Å². The molecule has 0 radical (unpaired) electrons. The highest BCUT2D eigenvalue weighted by molar-refractivity contribution is 6.30. The van der Waals surface area contributed by atoms with E-state index < -0.39 is 5.41 Å². The maximum absolute atomic E-state index is 12.7. The molecule has 1 aromatic carbocycles. The monoisotopic (exact) mass is 302 g/mol. The fourth-order valence-electron chi connectivity index (χ4n) is 2.00. The molecule has 0 spiro atoms. The highest BCUT2D eigenvalue weighted by atomic mass is 35.5. The second kappa shape index (κ2) is 6.27. The molecule has 21 heavy (non-hydrogen) atoms. The van der Waals surface area contributed by atoms with Crippen LogP contribution in [0.3, 0.4) is 0 Å². The zero-order chi connectivity index (χ0) is 15.5. The standard InChI is InChI=1S/C17H19ClN2O/c1-17(2,3)16(21)20(12-13-6-5-9-19-11-13)15-8-4-7-14(18)10-15/h4-11H,12H2,1-3H3. The fraction of sp³-hybridized carbons (Fsp3) is 0.294. The highest BCUT2D eigenvalue weighted by Gasteiger charge is 2.28. The number of benzene rings is 1. The van der Waals surface area contributed by atoms with Crippen molar-refractivity contribution in [3.8, 4) is 0 Å². The molecule has 0 N–H and O–H groups in total. The number of halogens is 1. The Kier molecular flexibility index (Phi) is 4.63. The Balaban J connectivity index is 2.37. The quantitative estimate of drug-likeness (QED) is 0.846. The largest absolute Gasteiger partial charge is 0.307 e. The Morgan fingerprint density at radius 3 is 2.57 bits per heavy atom. The van der Waals surface area contributed by atoms with E-state index in [1.807, 2.05) is 51.1 Å². The lowest BCUT2D eigenvalue weighted by Gasteiger charge is -2.29. The number of hydrogen-bond acceptors (Lipinski definition) is 2. The topological polar surface area (TPSA) is 33.2 Å². The number of anilines is 1. The van der Waals surface area contributed by atoms with Gasteiger partial charge in [-0.1, -0.05) is 44.5 Å². The van der Waals surface area contributed by atoms with E-state index in [1.54, 1.807) is 23.4 Å². The summed E-state index contributed by atoms with van der Waals surface area (Å²) < 4.78 is 0. The van der Waals surface area contributed by atoms with Gasteiger partial charge in [0.1, 0.15) is 0 Å². The summed E-state index contributed by atoms with van der Waals surface area (Å²) in [5.74, 6) is 0.0496. The molecule has 1 heterocycles. The molecule has 0 aliphatic heterocycles. The number of nitrogens with zero attached hydrogens (tertiary/aromatic N) is 2. The van der Waals surface area contributed by atoms with E-state index in [0.717, 1.165) is 11.3 Å². The average Bonchev–Trinajstić information content (AvgIpc) is 2.44. The van der Waals surface area contributed by atoms with Gasteiger partial charge in [0.25, 0.3) is 0 Å². The summed E-state index contributed by atoms with van der Waals surface area (Å²) in [7, 11) is 0. The van der Waals surface area contributed by atoms with Crippen LogP contribution in [0.25, 0.3) is 0 Å². The van der Waals surface area contributed by atoms with Crippen molar-refractivity contribution in [1.82, 2.24) is 4.98 Å².